The van der Waals surface area contributed by atoms with Gasteiger partial charge in [0.15, 0.2) is 0 Å². The zero-order valence-corrected chi connectivity index (χ0v) is 11.2. The lowest BCUT2D eigenvalue weighted by Crippen LogP contribution is -2.46. The molecule has 100 valence electrons. The molecule has 1 saturated carbocycles. The van der Waals surface area contributed by atoms with Crippen LogP contribution in [0.5, 0.6) is 0 Å². The highest BCUT2D eigenvalue weighted by molar-refractivity contribution is 7.87. The van der Waals surface area contributed by atoms with E-state index >= 15 is 0 Å². The van der Waals surface area contributed by atoms with Crippen LogP contribution in [0.2, 0.25) is 0 Å². The minimum Gasteiger partial charge on any atom is -0.396 e. The van der Waals surface area contributed by atoms with Gasteiger partial charge in [0.25, 0.3) is 10.2 Å². The Morgan fingerprint density at radius 3 is 2.41 bits per heavy atom. The van der Waals surface area contributed by atoms with Gasteiger partial charge >= 0.3 is 0 Å². The Labute approximate surface area is 103 Å². The van der Waals surface area contributed by atoms with E-state index in [-0.39, 0.29) is 17.9 Å². The lowest BCUT2D eigenvalue weighted by atomic mass is 10.00. The van der Waals surface area contributed by atoms with Crippen LogP contribution in [-0.2, 0) is 10.2 Å². The van der Waals surface area contributed by atoms with E-state index in [2.05, 4.69) is 11.6 Å². The Balaban J connectivity index is 1.83. The first-order valence-electron chi connectivity index (χ1n) is 6.31. The van der Waals surface area contributed by atoms with Crippen molar-refractivity contribution in [3.63, 3.8) is 0 Å². The van der Waals surface area contributed by atoms with E-state index in [9.17, 15) is 8.42 Å². The number of nitrogens with one attached hydrogen (secondary N) is 1. The average molecular weight is 262 g/mol. The van der Waals surface area contributed by atoms with E-state index < -0.39 is 10.2 Å². The molecule has 2 rings (SSSR count). The zero-order chi connectivity index (χ0) is 12.5. The molecule has 0 radical (unpaired) electrons. The summed E-state index contributed by atoms with van der Waals surface area (Å²) in [4.78, 5) is 0. The van der Waals surface area contributed by atoms with Gasteiger partial charge in [-0.2, -0.15) is 12.7 Å². The van der Waals surface area contributed by atoms with Crippen molar-refractivity contribution in [1.29, 1.82) is 0 Å². The highest BCUT2D eigenvalue weighted by Gasteiger charge is 2.39. The average Bonchev–Trinajstić information content (AvgIpc) is 3.06. The summed E-state index contributed by atoms with van der Waals surface area (Å²) >= 11 is 0. The number of hydrogen-bond donors (Lipinski definition) is 2. The summed E-state index contributed by atoms with van der Waals surface area (Å²) in [6, 6.07) is 0. The van der Waals surface area contributed by atoms with Gasteiger partial charge in [0.05, 0.1) is 0 Å². The summed E-state index contributed by atoms with van der Waals surface area (Å²) in [7, 11) is -3.31. The third kappa shape index (κ3) is 3.40. The maximum absolute atomic E-state index is 12.0. The number of nitrogens with zero attached hydrogens (tertiary/aromatic N) is 1. The van der Waals surface area contributed by atoms with Crippen molar-refractivity contribution >= 4 is 10.2 Å². The summed E-state index contributed by atoms with van der Waals surface area (Å²) in [5.74, 6) is 0.266. The Bertz CT molecular complexity index is 357. The minimum atomic E-state index is -3.31. The number of aliphatic hydroxyl groups is 1. The Hall–Kier alpha value is -0.170. The normalized spacial score (nSPS) is 26.0. The number of piperidine rings is 1. The molecule has 1 heterocycles. The van der Waals surface area contributed by atoms with Crippen molar-refractivity contribution in [3.05, 3.63) is 0 Å². The Morgan fingerprint density at radius 2 is 1.94 bits per heavy atom. The molecule has 2 N–H and O–H groups in total. The SMILES string of the molecule is CC1(CNS(=O)(=O)N2CCC(CO)CC2)CC1. The maximum Gasteiger partial charge on any atom is 0.279 e. The van der Waals surface area contributed by atoms with Gasteiger partial charge in [-0.3, -0.25) is 0 Å². The molecule has 0 unspecified atom stereocenters. The molecule has 1 aliphatic heterocycles. The van der Waals surface area contributed by atoms with Gasteiger partial charge in [-0.25, -0.2) is 4.72 Å². The Morgan fingerprint density at radius 1 is 1.35 bits per heavy atom. The fraction of sp³-hybridized carbons (Fsp3) is 1.00. The van der Waals surface area contributed by atoms with Crippen molar-refractivity contribution < 1.29 is 13.5 Å². The predicted molar refractivity (Wildman–Crippen MR) is 65.6 cm³/mol. The van der Waals surface area contributed by atoms with Crippen LogP contribution in [-0.4, -0.2) is 44.1 Å². The smallest absolute Gasteiger partial charge is 0.279 e. The molecule has 0 spiro atoms. The molecule has 0 aromatic carbocycles. The van der Waals surface area contributed by atoms with Crippen LogP contribution in [0.3, 0.4) is 0 Å². The highest BCUT2D eigenvalue weighted by atomic mass is 32.2. The highest BCUT2D eigenvalue weighted by Crippen LogP contribution is 2.44. The first-order chi connectivity index (χ1) is 7.95. The van der Waals surface area contributed by atoms with Crippen LogP contribution in [0, 0.1) is 11.3 Å². The second kappa shape index (κ2) is 4.84. The molecule has 0 aromatic heterocycles. The summed E-state index contributed by atoms with van der Waals surface area (Å²) in [5, 5.41) is 9.01. The molecule has 0 bridgehead atoms. The topological polar surface area (TPSA) is 69.6 Å². The van der Waals surface area contributed by atoms with Crippen molar-refractivity contribution in [1.82, 2.24) is 9.03 Å². The van der Waals surface area contributed by atoms with Crippen LogP contribution < -0.4 is 4.72 Å². The van der Waals surface area contributed by atoms with Gasteiger partial charge in [-0.15, -0.1) is 0 Å². The van der Waals surface area contributed by atoms with Crippen molar-refractivity contribution in [3.8, 4) is 0 Å². The van der Waals surface area contributed by atoms with Gasteiger partial charge < -0.3 is 5.11 Å². The molecule has 5 nitrogen and oxygen atoms in total. The lowest BCUT2D eigenvalue weighted by Gasteiger charge is -2.30. The Kier molecular flexibility index (Phi) is 3.77. The van der Waals surface area contributed by atoms with Crippen LogP contribution in [0.4, 0.5) is 0 Å². The first-order valence-corrected chi connectivity index (χ1v) is 7.75. The second-order valence-electron chi connectivity index (χ2n) is 5.66. The van der Waals surface area contributed by atoms with Crippen molar-refractivity contribution in [2.24, 2.45) is 11.3 Å². The van der Waals surface area contributed by atoms with Gasteiger partial charge in [0, 0.05) is 26.2 Å². The van der Waals surface area contributed by atoms with Gasteiger partial charge in [0.1, 0.15) is 0 Å². The third-order valence-electron chi connectivity index (χ3n) is 3.96. The van der Waals surface area contributed by atoms with Crippen LogP contribution in [0.15, 0.2) is 0 Å². The third-order valence-corrected chi connectivity index (χ3v) is 5.51. The van der Waals surface area contributed by atoms with E-state index in [0.29, 0.717) is 19.6 Å². The molecule has 2 aliphatic rings. The monoisotopic (exact) mass is 262 g/mol. The summed E-state index contributed by atoms with van der Waals surface area (Å²) in [6.45, 7) is 3.87. The van der Waals surface area contributed by atoms with E-state index in [1.165, 1.54) is 4.31 Å². The molecule has 17 heavy (non-hydrogen) atoms. The van der Waals surface area contributed by atoms with Crippen molar-refractivity contribution in [2.75, 3.05) is 26.2 Å². The molecule has 0 atom stereocenters. The summed E-state index contributed by atoms with van der Waals surface area (Å²) < 4.78 is 28.2. The number of hydrogen-bond acceptors (Lipinski definition) is 3. The molecular formula is C11H22N2O3S. The minimum absolute atomic E-state index is 0.166. The second-order valence-corrected chi connectivity index (χ2v) is 7.42. The maximum atomic E-state index is 12.0. The zero-order valence-electron chi connectivity index (χ0n) is 10.4. The predicted octanol–water partition coefficient (Wildman–Crippen LogP) is 0.325. The molecule has 1 saturated heterocycles. The van der Waals surface area contributed by atoms with E-state index in [0.717, 1.165) is 25.7 Å². The van der Waals surface area contributed by atoms with Crippen LogP contribution >= 0.6 is 0 Å². The summed E-state index contributed by atoms with van der Waals surface area (Å²) in [6.07, 6.45) is 3.74. The molecule has 1 aliphatic carbocycles. The van der Waals surface area contributed by atoms with Crippen LogP contribution in [0.25, 0.3) is 0 Å². The van der Waals surface area contributed by atoms with Gasteiger partial charge in [-0.1, -0.05) is 6.92 Å². The first kappa shape index (κ1) is 13.3. The fourth-order valence-corrected chi connectivity index (χ4v) is 3.48. The standard InChI is InChI=1S/C11H22N2O3S/c1-11(4-5-11)9-12-17(15,16)13-6-2-10(8-14)3-7-13/h10,12,14H,2-9H2,1H3. The number of aliphatic hydroxyl groups excluding tert-OH is 1. The molecule has 2 fully saturated rings. The largest absolute Gasteiger partial charge is 0.396 e. The molecular weight excluding hydrogens is 240 g/mol. The van der Waals surface area contributed by atoms with Crippen LogP contribution in [0.1, 0.15) is 32.6 Å². The van der Waals surface area contributed by atoms with E-state index in [4.69, 9.17) is 5.11 Å². The quantitative estimate of drug-likeness (QED) is 0.750. The fourth-order valence-electron chi connectivity index (χ4n) is 2.08. The van der Waals surface area contributed by atoms with Gasteiger partial charge in [0.2, 0.25) is 0 Å². The van der Waals surface area contributed by atoms with Crippen molar-refractivity contribution in [2.45, 2.75) is 32.6 Å². The van der Waals surface area contributed by atoms with Gasteiger partial charge in [-0.05, 0) is 37.0 Å². The number of rotatable bonds is 5. The lowest BCUT2D eigenvalue weighted by molar-refractivity contribution is 0.169. The molecule has 0 aromatic rings. The van der Waals surface area contributed by atoms with E-state index in [1.807, 2.05) is 0 Å². The summed E-state index contributed by atoms with van der Waals surface area (Å²) in [5.41, 5.74) is 0.191. The van der Waals surface area contributed by atoms with E-state index in [1.54, 1.807) is 0 Å². The molecule has 6 heteroatoms. The molecule has 0 amide bonds.